The molecule has 80 valence electrons. The van der Waals surface area contributed by atoms with Crippen molar-refractivity contribution < 1.29 is 12.8 Å². The lowest BCUT2D eigenvalue weighted by Crippen LogP contribution is -2.17. The second-order valence-corrected chi connectivity index (χ2v) is 5.24. The molecule has 0 saturated carbocycles. The van der Waals surface area contributed by atoms with Gasteiger partial charge in [-0.3, -0.25) is 0 Å². The highest BCUT2D eigenvalue weighted by atomic mass is 32.2. The van der Waals surface area contributed by atoms with E-state index >= 15 is 0 Å². The van der Waals surface area contributed by atoms with Gasteiger partial charge in [-0.25, -0.2) is 12.8 Å². The van der Waals surface area contributed by atoms with Crippen LogP contribution < -0.4 is 5.73 Å². The molecule has 1 unspecified atom stereocenters. The van der Waals surface area contributed by atoms with Crippen LogP contribution in [-0.4, -0.2) is 13.7 Å². The quantitative estimate of drug-likeness (QED) is 0.768. The van der Waals surface area contributed by atoms with Gasteiger partial charge in [-0.2, -0.15) is 5.26 Å². The Morgan fingerprint density at radius 1 is 1.53 bits per heavy atom. The number of nitrogens with two attached hydrogens (primary N) is 1. The van der Waals surface area contributed by atoms with Gasteiger partial charge in [0, 0.05) is 5.69 Å². The summed E-state index contributed by atoms with van der Waals surface area (Å²) in [6.45, 7) is 1.20. The zero-order valence-corrected chi connectivity index (χ0v) is 8.75. The van der Waals surface area contributed by atoms with E-state index in [2.05, 4.69) is 0 Å². The summed E-state index contributed by atoms with van der Waals surface area (Å²) >= 11 is 0. The summed E-state index contributed by atoms with van der Waals surface area (Å²) in [7, 11) is -3.93. The summed E-state index contributed by atoms with van der Waals surface area (Å²) in [6.07, 6.45) is 0. The van der Waals surface area contributed by atoms with Gasteiger partial charge in [-0.05, 0) is 25.1 Å². The fraction of sp³-hybridized carbons (Fsp3) is 0.222. The third kappa shape index (κ3) is 2.07. The molecule has 0 bridgehead atoms. The predicted octanol–water partition coefficient (Wildman–Crippen LogP) is 1.09. The lowest BCUT2D eigenvalue weighted by molar-refractivity contribution is 0.564. The Balaban J connectivity index is 3.36. The van der Waals surface area contributed by atoms with Crippen molar-refractivity contribution in [2.24, 2.45) is 0 Å². The van der Waals surface area contributed by atoms with Crippen molar-refractivity contribution in [1.29, 1.82) is 5.26 Å². The number of sulfone groups is 1. The molecule has 0 aliphatic carbocycles. The molecule has 4 nitrogen and oxygen atoms in total. The van der Waals surface area contributed by atoms with Crippen LogP contribution >= 0.6 is 0 Å². The maximum Gasteiger partial charge on any atom is 0.197 e. The SMILES string of the molecule is CC(C#N)S(=O)(=O)c1ccc(N)cc1F. The Kier molecular flexibility index (Phi) is 2.95. The van der Waals surface area contributed by atoms with Crippen LogP contribution in [-0.2, 0) is 9.84 Å². The van der Waals surface area contributed by atoms with Gasteiger partial charge in [0.15, 0.2) is 9.84 Å². The summed E-state index contributed by atoms with van der Waals surface area (Å²) < 4.78 is 36.5. The van der Waals surface area contributed by atoms with E-state index in [-0.39, 0.29) is 5.69 Å². The number of halogens is 1. The Morgan fingerprint density at radius 3 is 2.60 bits per heavy atom. The molecule has 1 atom stereocenters. The Morgan fingerprint density at radius 2 is 2.13 bits per heavy atom. The molecule has 0 saturated heterocycles. The van der Waals surface area contributed by atoms with Crippen molar-refractivity contribution in [3.63, 3.8) is 0 Å². The zero-order valence-electron chi connectivity index (χ0n) is 7.94. The Hall–Kier alpha value is -1.61. The highest BCUT2D eigenvalue weighted by Gasteiger charge is 2.26. The summed E-state index contributed by atoms with van der Waals surface area (Å²) in [4.78, 5) is -0.495. The van der Waals surface area contributed by atoms with Crippen LogP contribution in [0.25, 0.3) is 0 Å². The van der Waals surface area contributed by atoms with Gasteiger partial charge in [-0.1, -0.05) is 0 Å². The van der Waals surface area contributed by atoms with Crippen LogP contribution in [0.3, 0.4) is 0 Å². The number of nitriles is 1. The van der Waals surface area contributed by atoms with E-state index in [0.717, 1.165) is 12.1 Å². The van der Waals surface area contributed by atoms with Crippen molar-refractivity contribution in [3.8, 4) is 6.07 Å². The first kappa shape index (κ1) is 11.5. The lowest BCUT2D eigenvalue weighted by atomic mass is 10.3. The van der Waals surface area contributed by atoms with Gasteiger partial charge in [0.05, 0.1) is 6.07 Å². The highest BCUT2D eigenvalue weighted by Crippen LogP contribution is 2.21. The van der Waals surface area contributed by atoms with Crippen LogP contribution in [0.2, 0.25) is 0 Å². The van der Waals surface area contributed by atoms with E-state index in [4.69, 9.17) is 11.0 Å². The molecule has 1 rings (SSSR count). The second kappa shape index (κ2) is 3.87. The first-order chi connectivity index (χ1) is 6.89. The van der Waals surface area contributed by atoms with E-state index in [1.807, 2.05) is 0 Å². The molecular weight excluding hydrogens is 219 g/mol. The minimum atomic E-state index is -3.93. The largest absolute Gasteiger partial charge is 0.399 e. The van der Waals surface area contributed by atoms with Crippen molar-refractivity contribution in [2.45, 2.75) is 17.1 Å². The molecule has 15 heavy (non-hydrogen) atoms. The molecule has 0 amide bonds. The number of nitrogens with zero attached hydrogens (tertiary/aromatic N) is 1. The van der Waals surface area contributed by atoms with Crippen molar-refractivity contribution in [3.05, 3.63) is 24.0 Å². The average molecular weight is 228 g/mol. The smallest absolute Gasteiger partial charge is 0.197 e. The van der Waals surface area contributed by atoms with Crippen LogP contribution in [0.15, 0.2) is 23.1 Å². The molecule has 0 radical (unpaired) electrons. The first-order valence-corrected chi connectivity index (χ1v) is 5.62. The molecule has 0 fully saturated rings. The summed E-state index contributed by atoms with van der Waals surface area (Å²) in [5, 5.41) is 7.22. The van der Waals surface area contributed by atoms with Gasteiger partial charge < -0.3 is 5.73 Å². The number of benzene rings is 1. The van der Waals surface area contributed by atoms with E-state index < -0.39 is 25.8 Å². The maximum absolute atomic E-state index is 13.3. The van der Waals surface area contributed by atoms with E-state index in [1.54, 1.807) is 6.07 Å². The molecule has 2 N–H and O–H groups in total. The molecule has 0 heterocycles. The van der Waals surface area contributed by atoms with Crippen molar-refractivity contribution in [2.75, 3.05) is 5.73 Å². The van der Waals surface area contributed by atoms with Gasteiger partial charge in [-0.15, -0.1) is 0 Å². The number of rotatable bonds is 2. The predicted molar refractivity (Wildman–Crippen MR) is 53.1 cm³/mol. The molecule has 0 aliphatic rings. The minimum absolute atomic E-state index is 0.135. The molecule has 0 aromatic heterocycles. The van der Waals surface area contributed by atoms with Crippen molar-refractivity contribution >= 4 is 15.5 Å². The van der Waals surface area contributed by atoms with Crippen molar-refractivity contribution in [1.82, 2.24) is 0 Å². The molecule has 6 heteroatoms. The van der Waals surface area contributed by atoms with E-state index in [0.29, 0.717) is 0 Å². The molecule has 0 aliphatic heterocycles. The van der Waals surface area contributed by atoms with E-state index in [9.17, 15) is 12.8 Å². The minimum Gasteiger partial charge on any atom is -0.399 e. The monoisotopic (exact) mass is 228 g/mol. The maximum atomic E-state index is 13.3. The Labute approximate surface area is 87.0 Å². The average Bonchev–Trinajstić information content (AvgIpc) is 2.15. The number of anilines is 1. The molecule has 0 spiro atoms. The number of hydrogen-bond donors (Lipinski definition) is 1. The van der Waals surface area contributed by atoms with Crippen LogP contribution in [0.5, 0.6) is 0 Å². The Bertz CT molecular complexity index is 519. The first-order valence-electron chi connectivity index (χ1n) is 4.08. The topological polar surface area (TPSA) is 84.0 Å². The number of hydrogen-bond acceptors (Lipinski definition) is 4. The number of nitrogen functional groups attached to an aromatic ring is 1. The highest BCUT2D eigenvalue weighted by molar-refractivity contribution is 7.92. The molecule has 1 aromatic rings. The second-order valence-electron chi connectivity index (χ2n) is 3.01. The summed E-state index contributed by atoms with van der Waals surface area (Å²) in [5.41, 5.74) is 5.41. The fourth-order valence-electron chi connectivity index (χ4n) is 1.01. The zero-order chi connectivity index (χ0) is 11.6. The van der Waals surface area contributed by atoms with Gasteiger partial charge in [0.1, 0.15) is 16.0 Å². The summed E-state index contributed by atoms with van der Waals surface area (Å²) in [5.74, 6) is -0.933. The van der Waals surface area contributed by atoms with Crippen LogP contribution in [0.1, 0.15) is 6.92 Å². The summed E-state index contributed by atoms with van der Waals surface area (Å²) in [6, 6.07) is 4.81. The van der Waals surface area contributed by atoms with Gasteiger partial charge >= 0.3 is 0 Å². The van der Waals surface area contributed by atoms with Gasteiger partial charge in [0.2, 0.25) is 0 Å². The lowest BCUT2D eigenvalue weighted by Gasteiger charge is -2.07. The van der Waals surface area contributed by atoms with E-state index in [1.165, 1.54) is 13.0 Å². The fourth-order valence-corrected chi connectivity index (χ4v) is 2.12. The standard InChI is InChI=1S/C9H9FN2O2S/c1-6(5-11)15(13,14)9-3-2-7(12)4-8(9)10/h2-4,6H,12H2,1H3. The van der Waals surface area contributed by atoms with Crippen LogP contribution in [0.4, 0.5) is 10.1 Å². The third-order valence-electron chi connectivity index (χ3n) is 1.91. The van der Waals surface area contributed by atoms with Gasteiger partial charge in [0.25, 0.3) is 0 Å². The molecular formula is C9H9FN2O2S. The third-order valence-corrected chi connectivity index (χ3v) is 3.89. The van der Waals surface area contributed by atoms with Crippen LogP contribution in [0, 0.1) is 17.1 Å². The molecule has 1 aromatic carbocycles. The normalized spacial score (nSPS) is 13.1.